The Bertz CT molecular complexity index is 599. The van der Waals surface area contributed by atoms with Crippen LogP contribution >= 0.6 is 11.6 Å². The average Bonchev–Trinajstić information content (AvgIpc) is 2.69. The van der Waals surface area contributed by atoms with Crippen LogP contribution in [0.1, 0.15) is 31.7 Å². The van der Waals surface area contributed by atoms with Gasteiger partial charge in [-0.05, 0) is 43.4 Å². The number of nitrogens with one attached hydrogen (secondary N) is 2. The predicted molar refractivity (Wildman–Crippen MR) is 110 cm³/mol. The molecule has 1 amide bonds. The minimum atomic E-state index is 0.131. The summed E-state index contributed by atoms with van der Waals surface area (Å²) in [5.41, 5.74) is 1.11. The standard InChI is InChI=1S/C20H31ClN4O2/c1-3-23-20(25-11-8-16(9-12-25)14-19(26)22-2)24-10-13-27-15-17-4-6-18(21)7-5-17/h4-7,16H,3,8-15H2,1-2H3,(H,22,26)(H,23,24). The van der Waals surface area contributed by atoms with Gasteiger partial charge in [-0.2, -0.15) is 0 Å². The van der Waals surface area contributed by atoms with Crippen molar-refractivity contribution in [1.82, 2.24) is 15.5 Å². The molecular weight excluding hydrogens is 364 g/mol. The van der Waals surface area contributed by atoms with Crippen LogP contribution in [0.3, 0.4) is 0 Å². The molecule has 0 bridgehead atoms. The minimum absolute atomic E-state index is 0.131. The van der Waals surface area contributed by atoms with Crippen molar-refractivity contribution in [2.75, 3.05) is 39.8 Å². The maximum atomic E-state index is 11.5. The number of guanidine groups is 1. The van der Waals surface area contributed by atoms with Gasteiger partial charge in [-0.15, -0.1) is 0 Å². The largest absolute Gasteiger partial charge is 0.375 e. The summed E-state index contributed by atoms with van der Waals surface area (Å²) in [5, 5.41) is 6.81. The zero-order chi connectivity index (χ0) is 19.5. The van der Waals surface area contributed by atoms with E-state index in [-0.39, 0.29) is 5.91 Å². The Morgan fingerprint density at radius 2 is 2.00 bits per heavy atom. The molecular formula is C20H31ClN4O2. The van der Waals surface area contributed by atoms with Gasteiger partial charge in [0.25, 0.3) is 0 Å². The molecule has 0 unspecified atom stereocenters. The maximum absolute atomic E-state index is 11.5. The molecule has 0 aromatic heterocycles. The monoisotopic (exact) mass is 394 g/mol. The lowest BCUT2D eigenvalue weighted by atomic mass is 9.93. The van der Waals surface area contributed by atoms with Crippen molar-refractivity contribution >= 4 is 23.5 Å². The van der Waals surface area contributed by atoms with Crippen LogP contribution in [0.5, 0.6) is 0 Å². The molecule has 1 saturated heterocycles. The third kappa shape index (κ3) is 7.77. The molecule has 0 atom stereocenters. The topological polar surface area (TPSA) is 66.0 Å². The van der Waals surface area contributed by atoms with Gasteiger partial charge in [0.15, 0.2) is 5.96 Å². The van der Waals surface area contributed by atoms with E-state index in [1.807, 2.05) is 24.3 Å². The highest BCUT2D eigenvalue weighted by Gasteiger charge is 2.22. The fourth-order valence-electron chi connectivity index (χ4n) is 3.13. The van der Waals surface area contributed by atoms with Gasteiger partial charge in [-0.3, -0.25) is 9.79 Å². The molecule has 6 nitrogen and oxygen atoms in total. The first kappa shape index (κ1) is 21.5. The predicted octanol–water partition coefficient (Wildman–Crippen LogP) is 2.67. The summed E-state index contributed by atoms with van der Waals surface area (Å²) in [6.45, 7) is 6.53. The lowest BCUT2D eigenvalue weighted by molar-refractivity contribution is -0.121. The first-order valence-electron chi connectivity index (χ1n) is 9.68. The Balaban J connectivity index is 1.73. The number of benzene rings is 1. The first-order chi connectivity index (χ1) is 13.1. The molecule has 27 heavy (non-hydrogen) atoms. The zero-order valence-corrected chi connectivity index (χ0v) is 17.1. The van der Waals surface area contributed by atoms with Crippen molar-refractivity contribution in [3.8, 4) is 0 Å². The summed E-state index contributed by atoms with van der Waals surface area (Å²) in [7, 11) is 1.70. The molecule has 0 saturated carbocycles. The Morgan fingerprint density at radius 3 is 2.63 bits per heavy atom. The van der Waals surface area contributed by atoms with Crippen molar-refractivity contribution < 1.29 is 9.53 Å². The molecule has 1 aromatic carbocycles. The highest BCUT2D eigenvalue weighted by atomic mass is 35.5. The lowest BCUT2D eigenvalue weighted by Crippen LogP contribution is -2.46. The van der Waals surface area contributed by atoms with Gasteiger partial charge in [0.05, 0.1) is 19.8 Å². The van der Waals surface area contributed by atoms with Gasteiger partial charge in [0.2, 0.25) is 5.91 Å². The molecule has 1 aliphatic rings. The molecule has 150 valence electrons. The van der Waals surface area contributed by atoms with Crippen LogP contribution in [0.15, 0.2) is 29.3 Å². The molecule has 0 spiro atoms. The fraction of sp³-hybridized carbons (Fsp3) is 0.600. The number of carbonyl (C=O) groups is 1. The van der Waals surface area contributed by atoms with Crippen molar-refractivity contribution in [2.45, 2.75) is 32.8 Å². The average molecular weight is 395 g/mol. The first-order valence-corrected chi connectivity index (χ1v) is 10.1. The van der Waals surface area contributed by atoms with Crippen molar-refractivity contribution in [2.24, 2.45) is 10.9 Å². The summed E-state index contributed by atoms with van der Waals surface area (Å²) >= 11 is 5.88. The maximum Gasteiger partial charge on any atom is 0.220 e. The van der Waals surface area contributed by atoms with Crippen LogP contribution in [0.2, 0.25) is 5.02 Å². The molecule has 1 aliphatic heterocycles. The SMILES string of the molecule is CCNC(=NCCOCc1ccc(Cl)cc1)N1CCC(CC(=O)NC)CC1. The summed E-state index contributed by atoms with van der Waals surface area (Å²) < 4.78 is 5.71. The number of halogens is 1. The van der Waals surface area contributed by atoms with Crippen LogP contribution < -0.4 is 10.6 Å². The van der Waals surface area contributed by atoms with Gasteiger partial charge in [0, 0.05) is 38.1 Å². The smallest absolute Gasteiger partial charge is 0.220 e. The summed E-state index contributed by atoms with van der Waals surface area (Å²) in [5.74, 6) is 1.53. The van der Waals surface area contributed by atoms with Crippen LogP contribution in [-0.4, -0.2) is 56.6 Å². The second kappa shape index (κ2) is 11.8. The molecule has 1 heterocycles. The van der Waals surface area contributed by atoms with Crippen LogP contribution in [0, 0.1) is 5.92 Å². The number of piperidine rings is 1. The molecule has 0 radical (unpaired) electrons. The van der Waals surface area contributed by atoms with Crippen LogP contribution in [0.4, 0.5) is 0 Å². The number of hydrogen-bond donors (Lipinski definition) is 2. The number of amides is 1. The van der Waals surface area contributed by atoms with E-state index < -0.39 is 0 Å². The molecule has 2 N–H and O–H groups in total. The third-order valence-corrected chi connectivity index (χ3v) is 4.93. The number of rotatable bonds is 8. The zero-order valence-electron chi connectivity index (χ0n) is 16.3. The quantitative estimate of drug-likeness (QED) is 0.404. The van der Waals surface area contributed by atoms with Gasteiger partial charge in [0.1, 0.15) is 0 Å². The lowest BCUT2D eigenvalue weighted by Gasteiger charge is -2.34. The van der Waals surface area contributed by atoms with Crippen molar-refractivity contribution in [3.05, 3.63) is 34.9 Å². The second-order valence-electron chi connectivity index (χ2n) is 6.72. The highest BCUT2D eigenvalue weighted by molar-refractivity contribution is 6.30. The van der Waals surface area contributed by atoms with E-state index in [1.165, 1.54) is 0 Å². The molecule has 1 aromatic rings. The van der Waals surface area contributed by atoms with Crippen molar-refractivity contribution in [1.29, 1.82) is 0 Å². The van der Waals surface area contributed by atoms with Gasteiger partial charge >= 0.3 is 0 Å². The number of carbonyl (C=O) groups excluding carboxylic acids is 1. The van der Waals surface area contributed by atoms with Crippen LogP contribution in [-0.2, 0) is 16.1 Å². The van der Waals surface area contributed by atoms with Gasteiger partial charge in [-0.25, -0.2) is 0 Å². The fourth-order valence-corrected chi connectivity index (χ4v) is 3.25. The molecule has 2 rings (SSSR count). The number of ether oxygens (including phenoxy) is 1. The minimum Gasteiger partial charge on any atom is -0.375 e. The van der Waals surface area contributed by atoms with E-state index in [0.717, 1.165) is 49.0 Å². The van der Waals surface area contributed by atoms with Crippen molar-refractivity contribution in [3.63, 3.8) is 0 Å². The van der Waals surface area contributed by atoms with E-state index in [4.69, 9.17) is 21.3 Å². The molecule has 0 aliphatic carbocycles. The Kier molecular flexibility index (Phi) is 9.42. The van der Waals surface area contributed by atoms with Crippen LogP contribution in [0.25, 0.3) is 0 Å². The number of nitrogens with zero attached hydrogens (tertiary/aromatic N) is 2. The number of hydrogen-bond acceptors (Lipinski definition) is 3. The summed E-state index contributed by atoms with van der Waals surface area (Å²) in [4.78, 5) is 18.5. The van der Waals surface area contributed by atoms with E-state index >= 15 is 0 Å². The number of aliphatic imine (C=N–C) groups is 1. The van der Waals surface area contributed by atoms with E-state index in [0.29, 0.717) is 32.1 Å². The van der Waals surface area contributed by atoms with E-state index in [2.05, 4.69) is 22.5 Å². The Hall–Kier alpha value is -1.79. The molecule has 7 heteroatoms. The second-order valence-corrected chi connectivity index (χ2v) is 7.16. The normalized spacial score (nSPS) is 15.7. The Labute approximate surface area is 167 Å². The van der Waals surface area contributed by atoms with Gasteiger partial charge < -0.3 is 20.3 Å². The third-order valence-electron chi connectivity index (χ3n) is 4.68. The number of likely N-dealkylation sites (tertiary alicyclic amines) is 1. The van der Waals surface area contributed by atoms with E-state index in [9.17, 15) is 4.79 Å². The molecule has 1 fully saturated rings. The Morgan fingerprint density at radius 1 is 1.30 bits per heavy atom. The highest BCUT2D eigenvalue weighted by Crippen LogP contribution is 2.20. The van der Waals surface area contributed by atoms with Gasteiger partial charge in [-0.1, -0.05) is 23.7 Å². The summed E-state index contributed by atoms with van der Waals surface area (Å²) in [6, 6.07) is 7.68. The van der Waals surface area contributed by atoms with E-state index in [1.54, 1.807) is 7.05 Å². The summed E-state index contributed by atoms with van der Waals surface area (Å²) in [6.07, 6.45) is 2.66.